The Morgan fingerprint density at radius 3 is 2.32 bits per heavy atom. The van der Waals surface area contributed by atoms with E-state index in [2.05, 4.69) is 10.3 Å². The molecule has 44 heavy (non-hydrogen) atoms. The fraction of sp³-hybridized carbons (Fsp3) is 0.548. The largest absolute Gasteiger partial charge is 0.481 e. The second-order valence-electron chi connectivity index (χ2n) is 11.4. The third-order valence-corrected chi connectivity index (χ3v) is 7.71. The molecular formula is C31H40N4O9. The van der Waals surface area contributed by atoms with Gasteiger partial charge in [-0.15, -0.1) is 0 Å². The molecule has 0 bridgehead atoms. The predicted molar refractivity (Wildman–Crippen MR) is 158 cm³/mol. The molecule has 13 heteroatoms. The first-order chi connectivity index (χ1) is 20.9. The quantitative estimate of drug-likeness (QED) is 0.360. The number of nitrogens with one attached hydrogen (secondary N) is 1. The summed E-state index contributed by atoms with van der Waals surface area (Å²) in [6.07, 6.45) is 0.430. The molecule has 1 saturated carbocycles. The number of benzene rings is 1. The number of ether oxygens (including phenoxy) is 3. The van der Waals surface area contributed by atoms with Gasteiger partial charge in [0.25, 0.3) is 5.91 Å². The number of hydrogen-bond donors (Lipinski definition) is 2. The van der Waals surface area contributed by atoms with Gasteiger partial charge >= 0.3 is 18.0 Å². The first-order valence-corrected chi connectivity index (χ1v) is 15.0. The van der Waals surface area contributed by atoms with Crippen LogP contribution in [-0.2, 0) is 23.9 Å². The van der Waals surface area contributed by atoms with E-state index in [1.165, 1.54) is 15.9 Å². The minimum Gasteiger partial charge on any atom is -0.481 e. The maximum Gasteiger partial charge on any atom is 0.409 e. The second kappa shape index (κ2) is 13.9. The maximum atomic E-state index is 13.6. The van der Waals surface area contributed by atoms with E-state index in [0.717, 1.165) is 12.0 Å². The standard InChI is InChI=1S/C31H40N4O9/c1-5-42-30(41)35-15-13-34(14-16-35)28(39)22(9-10-26(36)37)33-27(38)24-18-25(21-8-7-20(4)17-23(21)32-24)44-31(11-6-12-31)29(40)43-19(2)3/h7-8,17-19,22H,5-6,9-16H2,1-4H3,(H,33,38)(H,36,37). The van der Waals surface area contributed by atoms with Crippen molar-refractivity contribution < 1.29 is 43.3 Å². The number of carbonyl (C=O) groups is 5. The first-order valence-electron chi connectivity index (χ1n) is 15.0. The number of rotatable bonds is 11. The van der Waals surface area contributed by atoms with Crippen molar-refractivity contribution in [2.45, 2.75) is 77.5 Å². The number of carboxylic acids is 1. The molecule has 13 nitrogen and oxygen atoms in total. The summed E-state index contributed by atoms with van der Waals surface area (Å²) < 4.78 is 16.8. The Labute approximate surface area is 255 Å². The average molecular weight is 613 g/mol. The Balaban J connectivity index is 1.58. The number of aliphatic carboxylic acids is 1. The van der Waals surface area contributed by atoms with E-state index in [9.17, 15) is 29.1 Å². The monoisotopic (exact) mass is 612 g/mol. The third kappa shape index (κ3) is 7.56. The minimum absolute atomic E-state index is 0.0509. The van der Waals surface area contributed by atoms with Crippen LogP contribution in [-0.4, -0.2) is 100 Å². The Morgan fingerprint density at radius 2 is 1.73 bits per heavy atom. The fourth-order valence-corrected chi connectivity index (χ4v) is 5.19. The first kappa shape index (κ1) is 32.5. The van der Waals surface area contributed by atoms with E-state index in [1.54, 1.807) is 26.8 Å². The minimum atomic E-state index is -1.18. The van der Waals surface area contributed by atoms with Crippen LogP contribution >= 0.6 is 0 Å². The van der Waals surface area contributed by atoms with Crippen LogP contribution in [0.3, 0.4) is 0 Å². The Bertz CT molecular complexity index is 1410. The number of nitrogens with zero attached hydrogens (tertiary/aromatic N) is 3. The lowest BCUT2D eigenvalue weighted by Gasteiger charge is -2.39. The molecule has 238 valence electrons. The van der Waals surface area contributed by atoms with Crippen molar-refractivity contribution in [3.05, 3.63) is 35.5 Å². The number of fused-ring (bicyclic) bond motifs is 1. The highest BCUT2D eigenvalue weighted by Gasteiger charge is 2.49. The van der Waals surface area contributed by atoms with Crippen LogP contribution in [0.4, 0.5) is 4.79 Å². The van der Waals surface area contributed by atoms with E-state index >= 15 is 0 Å². The van der Waals surface area contributed by atoms with Crippen LogP contribution in [0.5, 0.6) is 5.75 Å². The van der Waals surface area contributed by atoms with E-state index in [-0.39, 0.29) is 63.2 Å². The molecule has 1 aromatic heterocycles. The summed E-state index contributed by atoms with van der Waals surface area (Å²) in [5, 5.41) is 12.6. The molecule has 1 aliphatic heterocycles. The van der Waals surface area contributed by atoms with Gasteiger partial charge in [0.1, 0.15) is 17.5 Å². The van der Waals surface area contributed by atoms with Gasteiger partial charge in [0.05, 0.1) is 18.2 Å². The summed E-state index contributed by atoms with van der Waals surface area (Å²) in [4.78, 5) is 71.0. The topological polar surface area (TPSA) is 165 Å². The molecule has 0 spiro atoms. The molecule has 2 heterocycles. The number of hydrogen-bond acceptors (Lipinski definition) is 9. The fourth-order valence-electron chi connectivity index (χ4n) is 5.19. The van der Waals surface area contributed by atoms with Crippen LogP contribution in [0.2, 0.25) is 0 Å². The van der Waals surface area contributed by atoms with E-state index in [1.807, 2.05) is 19.1 Å². The Kier molecular flexibility index (Phi) is 10.3. The van der Waals surface area contributed by atoms with Crippen LogP contribution in [0.15, 0.2) is 24.3 Å². The van der Waals surface area contributed by atoms with Crippen molar-refractivity contribution in [1.29, 1.82) is 0 Å². The lowest BCUT2D eigenvalue weighted by molar-refractivity contribution is -0.174. The summed E-state index contributed by atoms with van der Waals surface area (Å²) >= 11 is 0. The zero-order chi connectivity index (χ0) is 32.0. The molecular weight excluding hydrogens is 572 g/mol. The van der Waals surface area contributed by atoms with Gasteiger partial charge in [-0.3, -0.25) is 14.4 Å². The summed E-state index contributed by atoms with van der Waals surface area (Å²) in [6.45, 7) is 8.26. The number of aromatic nitrogens is 1. The third-order valence-electron chi connectivity index (χ3n) is 7.71. The highest BCUT2D eigenvalue weighted by atomic mass is 16.6. The van der Waals surface area contributed by atoms with Crippen molar-refractivity contribution in [3.63, 3.8) is 0 Å². The summed E-state index contributed by atoms with van der Waals surface area (Å²) in [7, 11) is 0. The van der Waals surface area contributed by atoms with Crippen molar-refractivity contribution in [2.24, 2.45) is 0 Å². The van der Waals surface area contributed by atoms with Crippen LogP contribution in [0.1, 0.15) is 68.9 Å². The normalized spacial score (nSPS) is 16.6. The molecule has 1 aromatic carbocycles. The number of piperazine rings is 1. The molecule has 1 atom stereocenters. The van der Waals surface area contributed by atoms with Crippen LogP contribution in [0, 0.1) is 6.92 Å². The zero-order valence-corrected chi connectivity index (χ0v) is 25.6. The van der Waals surface area contributed by atoms with Crippen LogP contribution in [0.25, 0.3) is 10.9 Å². The number of esters is 1. The molecule has 2 aromatic rings. The average Bonchev–Trinajstić information content (AvgIpc) is 2.95. The van der Waals surface area contributed by atoms with E-state index in [0.29, 0.717) is 23.7 Å². The van der Waals surface area contributed by atoms with E-state index in [4.69, 9.17) is 14.2 Å². The lowest BCUT2D eigenvalue weighted by atomic mass is 9.80. The maximum absolute atomic E-state index is 13.6. The number of amides is 3. The van der Waals surface area contributed by atoms with Gasteiger partial charge in [0, 0.05) is 44.1 Å². The summed E-state index contributed by atoms with van der Waals surface area (Å²) in [5.41, 5.74) is 0.124. The molecule has 2 aliphatic rings. The molecule has 4 rings (SSSR count). The Morgan fingerprint density at radius 1 is 1.05 bits per heavy atom. The number of aryl methyl sites for hydroxylation is 1. The number of carbonyl (C=O) groups excluding carboxylic acids is 4. The molecule has 1 aliphatic carbocycles. The smallest absolute Gasteiger partial charge is 0.409 e. The number of carboxylic acid groups (broad SMARTS) is 1. The summed E-state index contributed by atoms with van der Waals surface area (Å²) in [6, 6.07) is 5.76. The molecule has 1 unspecified atom stereocenters. The van der Waals surface area contributed by atoms with Gasteiger partial charge < -0.3 is 34.4 Å². The van der Waals surface area contributed by atoms with Crippen molar-refractivity contribution in [1.82, 2.24) is 20.1 Å². The molecule has 2 fully saturated rings. The molecule has 3 amide bonds. The van der Waals surface area contributed by atoms with E-state index < -0.39 is 41.5 Å². The van der Waals surface area contributed by atoms with Gasteiger partial charge in [0.15, 0.2) is 0 Å². The van der Waals surface area contributed by atoms with Gasteiger partial charge in [0.2, 0.25) is 11.5 Å². The highest BCUT2D eigenvalue weighted by molar-refractivity contribution is 5.99. The summed E-state index contributed by atoms with van der Waals surface area (Å²) in [5.74, 6) is -2.45. The van der Waals surface area contributed by atoms with Crippen molar-refractivity contribution >= 4 is 40.7 Å². The van der Waals surface area contributed by atoms with Crippen LogP contribution < -0.4 is 10.1 Å². The molecule has 0 radical (unpaired) electrons. The second-order valence-corrected chi connectivity index (χ2v) is 11.4. The van der Waals surface area contributed by atoms with Gasteiger partial charge in [-0.05, 0) is 71.1 Å². The van der Waals surface area contributed by atoms with Gasteiger partial charge in [-0.1, -0.05) is 6.07 Å². The van der Waals surface area contributed by atoms with Crippen molar-refractivity contribution in [2.75, 3.05) is 32.8 Å². The zero-order valence-electron chi connectivity index (χ0n) is 25.6. The van der Waals surface area contributed by atoms with Crippen molar-refractivity contribution in [3.8, 4) is 5.75 Å². The SMILES string of the molecule is CCOC(=O)N1CCN(C(=O)C(CCC(=O)O)NC(=O)c2cc(OC3(C(=O)OC(C)C)CCC3)c3ccc(C)cc3n2)CC1. The van der Waals surface area contributed by atoms with Gasteiger partial charge in [-0.2, -0.15) is 0 Å². The predicted octanol–water partition coefficient (Wildman–Crippen LogP) is 3.06. The Hall–Kier alpha value is -4.42. The number of pyridine rings is 1. The molecule has 2 N–H and O–H groups in total. The lowest BCUT2D eigenvalue weighted by Crippen LogP contribution is -2.56. The molecule has 1 saturated heterocycles. The van der Waals surface area contributed by atoms with Gasteiger partial charge in [-0.25, -0.2) is 14.6 Å². The highest BCUT2D eigenvalue weighted by Crippen LogP contribution is 2.40.